The lowest BCUT2D eigenvalue weighted by molar-refractivity contribution is 0.131. The van der Waals surface area contributed by atoms with Crippen molar-refractivity contribution >= 4 is 17.7 Å². The summed E-state index contributed by atoms with van der Waals surface area (Å²) in [5.41, 5.74) is 0.457. The van der Waals surface area contributed by atoms with Gasteiger partial charge in [0.05, 0.1) is 11.5 Å². The predicted octanol–water partition coefficient (Wildman–Crippen LogP) is 3.73. The zero-order valence-electron chi connectivity index (χ0n) is 14.3. The summed E-state index contributed by atoms with van der Waals surface area (Å²) in [5.74, 6) is 0. The van der Waals surface area contributed by atoms with Crippen molar-refractivity contribution in [2.75, 3.05) is 26.2 Å². The van der Waals surface area contributed by atoms with Crippen LogP contribution < -0.4 is 0 Å². The van der Waals surface area contributed by atoms with Crippen molar-refractivity contribution in [1.29, 1.82) is 5.26 Å². The van der Waals surface area contributed by atoms with Crippen molar-refractivity contribution in [3.63, 3.8) is 0 Å². The van der Waals surface area contributed by atoms with E-state index in [2.05, 4.69) is 11.0 Å². The van der Waals surface area contributed by atoms with Gasteiger partial charge in [-0.3, -0.25) is 4.90 Å². The molecular formula is C19H24ClN3O2. The summed E-state index contributed by atoms with van der Waals surface area (Å²) in [6, 6.07) is 10.6. The monoisotopic (exact) mass is 361 g/mol. The van der Waals surface area contributed by atoms with E-state index < -0.39 is 11.5 Å². The molecule has 0 atom stereocenters. The van der Waals surface area contributed by atoms with E-state index in [4.69, 9.17) is 11.6 Å². The van der Waals surface area contributed by atoms with Gasteiger partial charge in [0.25, 0.3) is 0 Å². The summed E-state index contributed by atoms with van der Waals surface area (Å²) < 4.78 is 0. The summed E-state index contributed by atoms with van der Waals surface area (Å²) in [6.07, 6.45) is 3.55. The van der Waals surface area contributed by atoms with Crippen molar-refractivity contribution < 1.29 is 9.90 Å². The molecule has 0 radical (unpaired) electrons. The Bertz CT molecular complexity index is 665. The molecule has 25 heavy (non-hydrogen) atoms. The smallest absolute Gasteiger partial charge is 0.407 e. The molecule has 6 heteroatoms. The van der Waals surface area contributed by atoms with E-state index >= 15 is 0 Å². The molecule has 0 spiro atoms. The summed E-state index contributed by atoms with van der Waals surface area (Å²) in [4.78, 5) is 15.1. The molecule has 1 heterocycles. The standard InChI is InChI=1S/C19H24ClN3O2/c20-17-5-2-1-4-16(17)19(14-21)8-6-15(7-9-19)22-10-3-11-23(13-12-22)18(24)25/h1-2,4-5,15H,3,6-13H2,(H,24,25). The van der Waals surface area contributed by atoms with Crippen molar-refractivity contribution in [3.05, 3.63) is 34.9 Å². The summed E-state index contributed by atoms with van der Waals surface area (Å²) in [6.45, 7) is 2.89. The van der Waals surface area contributed by atoms with E-state index in [1.807, 2.05) is 24.3 Å². The Morgan fingerprint density at radius 3 is 2.56 bits per heavy atom. The van der Waals surface area contributed by atoms with Crippen LogP contribution in [0.25, 0.3) is 0 Å². The van der Waals surface area contributed by atoms with Crippen LogP contribution in [0.15, 0.2) is 24.3 Å². The Kier molecular flexibility index (Phi) is 5.51. The SMILES string of the molecule is N#CC1(c2ccccc2Cl)CCC(N2CCCN(C(=O)O)CC2)CC1. The molecule has 1 saturated carbocycles. The van der Waals surface area contributed by atoms with Gasteiger partial charge in [-0.1, -0.05) is 29.8 Å². The zero-order chi connectivity index (χ0) is 17.9. The van der Waals surface area contributed by atoms with Crippen LogP contribution in [0.2, 0.25) is 5.02 Å². The number of nitriles is 1. The van der Waals surface area contributed by atoms with E-state index in [1.165, 1.54) is 4.90 Å². The van der Waals surface area contributed by atoms with E-state index in [1.54, 1.807) is 0 Å². The van der Waals surface area contributed by atoms with Crippen LogP contribution in [0.3, 0.4) is 0 Å². The number of carbonyl (C=O) groups is 1. The largest absolute Gasteiger partial charge is 0.465 e. The number of rotatable bonds is 2. The zero-order valence-corrected chi connectivity index (χ0v) is 15.1. The van der Waals surface area contributed by atoms with Gasteiger partial charge in [-0.15, -0.1) is 0 Å². The quantitative estimate of drug-likeness (QED) is 0.871. The number of hydrogen-bond acceptors (Lipinski definition) is 3. The van der Waals surface area contributed by atoms with Crippen molar-refractivity contribution in [1.82, 2.24) is 9.80 Å². The summed E-state index contributed by atoms with van der Waals surface area (Å²) in [7, 11) is 0. The molecule has 1 aliphatic carbocycles. The minimum atomic E-state index is -0.826. The molecule has 5 nitrogen and oxygen atoms in total. The maximum atomic E-state index is 11.2. The number of hydrogen-bond donors (Lipinski definition) is 1. The van der Waals surface area contributed by atoms with E-state index in [-0.39, 0.29) is 0 Å². The highest BCUT2D eigenvalue weighted by molar-refractivity contribution is 6.31. The maximum Gasteiger partial charge on any atom is 0.407 e. The molecule has 1 N–H and O–H groups in total. The van der Waals surface area contributed by atoms with Gasteiger partial charge >= 0.3 is 6.09 Å². The highest BCUT2D eigenvalue weighted by atomic mass is 35.5. The predicted molar refractivity (Wildman–Crippen MR) is 96.8 cm³/mol. The third kappa shape index (κ3) is 3.75. The second kappa shape index (κ2) is 7.63. The Balaban J connectivity index is 1.66. The lowest BCUT2D eigenvalue weighted by atomic mass is 9.69. The highest BCUT2D eigenvalue weighted by Crippen LogP contribution is 2.43. The number of carboxylic acid groups (broad SMARTS) is 1. The lowest BCUT2D eigenvalue weighted by Gasteiger charge is -2.40. The van der Waals surface area contributed by atoms with Crippen molar-refractivity contribution in [3.8, 4) is 6.07 Å². The van der Waals surface area contributed by atoms with Crippen LogP contribution in [-0.2, 0) is 5.41 Å². The van der Waals surface area contributed by atoms with Gasteiger partial charge in [0.2, 0.25) is 0 Å². The molecule has 2 aliphatic rings. The molecule has 1 aromatic rings. The van der Waals surface area contributed by atoms with E-state index in [9.17, 15) is 15.2 Å². The van der Waals surface area contributed by atoms with Crippen LogP contribution >= 0.6 is 11.6 Å². The van der Waals surface area contributed by atoms with Gasteiger partial charge in [0.15, 0.2) is 0 Å². The first-order chi connectivity index (χ1) is 12.1. The maximum absolute atomic E-state index is 11.2. The molecule has 0 unspecified atom stereocenters. The highest BCUT2D eigenvalue weighted by Gasteiger charge is 2.40. The first kappa shape index (κ1) is 18.0. The third-order valence-electron chi connectivity index (χ3n) is 5.73. The van der Waals surface area contributed by atoms with Crippen LogP contribution in [0.4, 0.5) is 4.79 Å². The Morgan fingerprint density at radius 1 is 1.20 bits per heavy atom. The average molecular weight is 362 g/mol. The summed E-state index contributed by atoms with van der Waals surface area (Å²) >= 11 is 6.36. The van der Waals surface area contributed by atoms with E-state index in [0.717, 1.165) is 50.8 Å². The van der Waals surface area contributed by atoms with Gasteiger partial charge in [-0.05, 0) is 43.7 Å². The fraction of sp³-hybridized carbons (Fsp3) is 0.579. The number of halogens is 1. The molecule has 0 aromatic heterocycles. The molecule has 1 saturated heterocycles. The molecule has 134 valence electrons. The lowest BCUT2D eigenvalue weighted by Crippen LogP contribution is -2.44. The minimum Gasteiger partial charge on any atom is -0.465 e. The molecule has 3 rings (SSSR count). The molecule has 1 aliphatic heterocycles. The topological polar surface area (TPSA) is 67.6 Å². The van der Waals surface area contributed by atoms with Crippen molar-refractivity contribution in [2.45, 2.75) is 43.6 Å². The summed E-state index contributed by atoms with van der Waals surface area (Å²) in [5, 5.41) is 19.7. The molecule has 0 bridgehead atoms. The Hall–Kier alpha value is -1.77. The van der Waals surface area contributed by atoms with Gasteiger partial charge in [-0.25, -0.2) is 4.79 Å². The fourth-order valence-electron chi connectivity index (χ4n) is 4.25. The van der Waals surface area contributed by atoms with Crippen molar-refractivity contribution in [2.24, 2.45) is 0 Å². The van der Waals surface area contributed by atoms with Gasteiger partial charge < -0.3 is 10.0 Å². The number of nitrogens with zero attached hydrogens (tertiary/aromatic N) is 3. The second-order valence-electron chi connectivity index (χ2n) is 7.06. The van der Waals surface area contributed by atoms with Gasteiger partial charge in [-0.2, -0.15) is 5.26 Å². The molecule has 1 amide bonds. The number of amides is 1. The van der Waals surface area contributed by atoms with Crippen LogP contribution in [-0.4, -0.2) is 53.2 Å². The molecule has 1 aromatic carbocycles. The minimum absolute atomic E-state index is 0.428. The average Bonchev–Trinajstić information content (AvgIpc) is 2.88. The Labute approximate surface area is 153 Å². The van der Waals surface area contributed by atoms with Crippen LogP contribution in [0.5, 0.6) is 0 Å². The van der Waals surface area contributed by atoms with Gasteiger partial charge in [0.1, 0.15) is 0 Å². The van der Waals surface area contributed by atoms with Gasteiger partial charge in [0, 0.05) is 37.2 Å². The second-order valence-corrected chi connectivity index (χ2v) is 7.47. The first-order valence-electron chi connectivity index (χ1n) is 8.94. The Morgan fingerprint density at radius 2 is 1.92 bits per heavy atom. The molecule has 2 fully saturated rings. The normalized spacial score (nSPS) is 28.2. The first-order valence-corrected chi connectivity index (χ1v) is 9.32. The third-order valence-corrected chi connectivity index (χ3v) is 6.06. The van der Waals surface area contributed by atoms with E-state index in [0.29, 0.717) is 24.2 Å². The van der Waals surface area contributed by atoms with Crippen LogP contribution in [0.1, 0.15) is 37.7 Å². The number of benzene rings is 1. The molecular weight excluding hydrogens is 338 g/mol. The van der Waals surface area contributed by atoms with Crippen LogP contribution in [0, 0.1) is 11.3 Å². The fourth-order valence-corrected chi connectivity index (χ4v) is 4.56.